The third kappa shape index (κ3) is 2.36. The topological polar surface area (TPSA) is 102 Å². The smallest absolute Gasteiger partial charge is 0.548 e. The first-order chi connectivity index (χ1) is 7.93. The van der Waals surface area contributed by atoms with E-state index in [2.05, 4.69) is 4.98 Å². The van der Waals surface area contributed by atoms with E-state index in [1.165, 1.54) is 25.0 Å². The average molecular weight is 276 g/mol. The van der Waals surface area contributed by atoms with E-state index in [9.17, 15) is 19.5 Å². The van der Waals surface area contributed by atoms with Crippen LogP contribution in [0.1, 0.15) is 0 Å². The van der Waals surface area contributed by atoms with Gasteiger partial charge in [0.05, 0.1) is 18.8 Å². The third-order valence-corrected chi connectivity index (χ3v) is 2.52. The van der Waals surface area contributed by atoms with E-state index < -0.39 is 23.8 Å². The number of aryl methyl sites for hydroxylation is 1. The van der Waals surface area contributed by atoms with Crippen LogP contribution in [0.4, 0.5) is 0 Å². The van der Waals surface area contributed by atoms with Crippen molar-refractivity contribution in [3.8, 4) is 0 Å². The van der Waals surface area contributed by atoms with E-state index in [0.29, 0.717) is 0 Å². The summed E-state index contributed by atoms with van der Waals surface area (Å²) in [5.41, 5.74) is -0.874. The van der Waals surface area contributed by atoms with Gasteiger partial charge in [-0.3, -0.25) is 13.9 Å². The molecule has 0 aromatic carbocycles. The molecule has 0 unspecified atom stereocenters. The minimum absolute atomic E-state index is 0. The molecule has 0 fully saturated rings. The minimum Gasteiger partial charge on any atom is -0.548 e. The molecule has 18 heavy (non-hydrogen) atoms. The van der Waals surface area contributed by atoms with Gasteiger partial charge in [0.2, 0.25) is 0 Å². The summed E-state index contributed by atoms with van der Waals surface area (Å²) < 4.78 is 3.23. The quantitative estimate of drug-likeness (QED) is 0.508. The van der Waals surface area contributed by atoms with Crippen molar-refractivity contribution in [1.29, 1.82) is 0 Å². The van der Waals surface area contributed by atoms with E-state index in [-0.39, 0.29) is 62.5 Å². The number of nitrogens with zero attached hydrogens (tertiary/aromatic N) is 4. The molecule has 0 spiro atoms. The molecule has 0 radical (unpaired) electrons. The molecule has 2 rings (SSSR count). The summed E-state index contributed by atoms with van der Waals surface area (Å²) in [6.07, 6.45) is 1.20. The van der Waals surface area contributed by atoms with Crippen LogP contribution in [0.3, 0.4) is 0 Å². The Morgan fingerprint density at radius 3 is 2.50 bits per heavy atom. The largest absolute Gasteiger partial charge is 1.00 e. The van der Waals surface area contributed by atoms with Crippen molar-refractivity contribution in [2.24, 2.45) is 14.1 Å². The third-order valence-electron chi connectivity index (χ3n) is 2.52. The number of imidazole rings is 1. The molecule has 8 nitrogen and oxygen atoms in total. The van der Waals surface area contributed by atoms with Crippen LogP contribution in [0.25, 0.3) is 11.2 Å². The molecular weight excluding hydrogens is 267 g/mol. The predicted molar refractivity (Wildman–Crippen MR) is 55.2 cm³/mol. The fourth-order valence-corrected chi connectivity index (χ4v) is 1.66. The average Bonchev–Trinajstić information content (AvgIpc) is 2.66. The summed E-state index contributed by atoms with van der Waals surface area (Å²) >= 11 is 0. The normalized spacial score (nSPS) is 10.3. The standard InChI is InChI=1S/C9H10N4O4.K/c1-11-7-6(8(16)12(2)9(11)17)13(4-10-7)3-5(14)15;/h4H,3H2,1-2H3,(H,14,15);/q;+1/p-1. The van der Waals surface area contributed by atoms with Gasteiger partial charge in [0.25, 0.3) is 5.56 Å². The van der Waals surface area contributed by atoms with Crippen LogP contribution in [0.15, 0.2) is 15.9 Å². The summed E-state index contributed by atoms with van der Waals surface area (Å²) in [6.45, 7) is -0.482. The number of rotatable bonds is 2. The maximum absolute atomic E-state index is 11.8. The van der Waals surface area contributed by atoms with Gasteiger partial charge >= 0.3 is 57.1 Å². The number of hydrogen-bond donors (Lipinski definition) is 0. The van der Waals surface area contributed by atoms with Gasteiger partial charge in [-0.2, -0.15) is 0 Å². The second-order valence-corrected chi connectivity index (χ2v) is 3.62. The molecule has 2 aromatic heterocycles. The molecule has 0 saturated heterocycles. The summed E-state index contributed by atoms with van der Waals surface area (Å²) in [4.78, 5) is 37.8. The minimum atomic E-state index is -1.33. The van der Waals surface area contributed by atoms with Crippen molar-refractivity contribution in [3.05, 3.63) is 27.2 Å². The van der Waals surface area contributed by atoms with Gasteiger partial charge in [0.15, 0.2) is 11.2 Å². The van der Waals surface area contributed by atoms with E-state index in [1.807, 2.05) is 0 Å². The summed E-state index contributed by atoms with van der Waals surface area (Å²) in [6, 6.07) is 0. The van der Waals surface area contributed by atoms with Crippen molar-refractivity contribution >= 4 is 17.1 Å². The zero-order valence-electron chi connectivity index (χ0n) is 10.2. The van der Waals surface area contributed by atoms with Gasteiger partial charge in [-0.25, -0.2) is 9.78 Å². The van der Waals surface area contributed by atoms with Crippen LogP contribution in [0.5, 0.6) is 0 Å². The Kier molecular flexibility index (Phi) is 4.67. The Labute approximate surface area is 143 Å². The zero-order valence-corrected chi connectivity index (χ0v) is 13.3. The van der Waals surface area contributed by atoms with E-state index in [1.54, 1.807) is 0 Å². The SMILES string of the molecule is Cn1c(=O)c2c(ncn2CC(=O)[O-])n(C)c1=O.[K+]. The van der Waals surface area contributed by atoms with Gasteiger partial charge in [0.1, 0.15) is 0 Å². The number of aromatic nitrogens is 4. The molecule has 0 atom stereocenters. The van der Waals surface area contributed by atoms with Crippen LogP contribution >= 0.6 is 0 Å². The Bertz CT molecular complexity index is 726. The fourth-order valence-electron chi connectivity index (χ4n) is 1.66. The Morgan fingerprint density at radius 1 is 1.33 bits per heavy atom. The predicted octanol–water partition coefficient (Wildman–Crippen LogP) is -5.81. The van der Waals surface area contributed by atoms with E-state index in [0.717, 1.165) is 9.13 Å². The summed E-state index contributed by atoms with van der Waals surface area (Å²) in [7, 11) is 2.78. The van der Waals surface area contributed by atoms with Gasteiger partial charge in [0, 0.05) is 14.1 Å². The Morgan fingerprint density at radius 2 is 1.94 bits per heavy atom. The molecule has 2 aromatic rings. The van der Waals surface area contributed by atoms with Crippen molar-refractivity contribution in [2.75, 3.05) is 0 Å². The number of carbonyl (C=O) groups is 1. The molecule has 0 aliphatic rings. The van der Waals surface area contributed by atoms with Gasteiger partial charge in [-0.15, -0.1) is 0 Å². The molecule has 0 saturated carbocycles. The number of carboxylic acid groups (broad SMARTS) is 1. The number of aliphatic carboxylic acids is 1. The van der Waals surface area contributed by atoms with E-state index >= 15 is 0 Å². The van der Waals surface area contributed by atoms with Crippen molar-refractivity contribution in [3.63, 3.8) is 0 Å². The van der Waals surface area contributed by atoms with Gasteiger partial charge in [-0.05, 0) is 0 Å². The number of carbonyl (C=O) groups excluding carboxylic acids is 1. The molecule has 9 heteroatoms. The first kappa shape index (κ1) is 15.3. The summed E-state index contributed by atoms with van der Waals surface area (Å²) in [5, 5.41) is 10.5. The molecule has 0 aliphatic heterocycles. The van der Waals surface area contributed by atoms with Crippen LogP contribution in [0.2, 0.25) is 0 Å². The first-order valence-corrected chi connectivity index (χ1v) is 4.74. The van der Waals surface area contributed by atoms with E-state index in [4.69, 9.17) is 0 Å². The van der Waals surface area contributed by atoms with Gasteiger partial charge in [-0.1, -0.05) is 0 Å². The fraction of sp³-hybridized carbons (Fsp3) is 0.333. The second kappa shape index (κ2) is 5.49. The van der Waals surface area contributed by atoms with Crippen molar-refractivity contribution < 1.29 is 61.3 Å². The molecule has 90 valence electrons. The monoisotopic (exact) mass is 276 g/mol. The van der Waals surface area contributed by atoms with Crippen molar-refractivity contribution in [1.82, 2.24) is 18.7 Å². The molecule has 2 heterocycles. The van der Waals surface area contributed by atoms with Crippen LogP contribution in [-0.2, 0) is 25.4 Å². The van der Waals surface area contributed by atoms with Gasteiger partial charge < -0.3 is 14.5 Å². The first-order valence-electron chi connectivity index (χ1n) is 4.74. The maximum atomic E-state index is 11.8. The molecule has 0 N–H and O–H groups in total. The maximum Gasteiger partial charge on any atom is 1.00 e. The zero-order chi connectivity index (χ0) is 12.7. The second-order valence-electron chi connectivity index (χ2n) is 3.62. The molecule has 0 aliphatic carbocycles. The van der Waals surface area contributed by atoms with Crippen LogP contribution in [0, 0.1) is 0 Å². The molecular formula is C9H9KN4O4. The number of fused-ring (bicyclic) bond motifs is 1. The molecule has 0 bridgehead atoms. The van der Waals surface area contributed by atoms with Crippen molar-refractivity contribution in [2.45, 2.75) is 6.54 Å². The Balaban J connectivity index is 0.00000162. The Hall–Kier alpha value is -0.744. The van der Waals surface area contributed by atoms with Crippen LogP contribution < -0.4 is 67.7 Å². The number of hydrogen-bond acceptors (Lipinski definition) is 5. The molecule has 0 amide bonds. The van der Waals surface area contributed by atoms with Crippen LogP contribution in [-0.4, -0.2) is 24.7 Å². The summed E-state index contributed by atoms with van der Waals surface area (Å²) in [5.74, 6) is -1.33. The number of carboxylic acids is 1.